The minimum atomic E-state index is 0.681. The predicted molar refractivity (Wildman–Crippen MR) is 77.3 cm³/mol. The third kappa shape index (κ3) is 2.14. The van der Waals surface area contributed by atoms with Gasteiger partial charge in [0.1, 0.15) is 0 Å². The molecule has 0 bridgehead atoms. The Morgan fingerprint density at radius 1 is 1.33 bits per heavy atom. The van der Waals surface area contributed by atoms with Gasteiger partial charge >= 0.3 is 0 Å². The van der Waals surface area contributed by atoms with Crippen molar-refractivity contribution in [3.05, 3.63) is 29.3 Å². The smallest absolute Gasteiger partial charge is 0.0440 e. The zero-order chi connectivity index (χ0) is 12.5. The summed E-state index contributed by atoms with van der Waals surface area (Å²) in [5, 5.41) is 3.56. The lowest BCUT2D eigenvalue weighted by molar-refractivity contribution is 0.326. The summed E-state index contributed by atoms with van der Waals surface area (Å²) in [5.41, 5.74) is 4.44. The second-order valence-electron chi connectivity index (χ2n) is 5.97. The summed E-state index contributed by atoms with van der Waals surface area (Å²) in [7, 11) is 0. The third-order valence-electron chi connectivity index (χ3n) is 4.58. The number of anilines is 1. The molecule has 98 valence electrons. The van der Waals surface area contributed by atoms with Crippen molar-refractivity contribution in [2.75, 3.05) is 24.5 Å². The fourth-order valence-corrected chi connectivity index (χ4v) is 3.49. The Morgan fingerprint density at radius 2 is 2.22 bits per heavy atom. The summed E-state index contributed by atoms with van der Waals surface area (Å²) in [5.74, 6) is 0.804. The summed E-state index contributed by atoms with van der Waals surface area (Å²) >= 11 is 0. The quantitative estimate of drug-likeness (QED) is 0.817. The Labute approximate surface area is 110 Å². The van der Waals surface area contributed by atoms with Gasteiger partial charge in [0.2, 0.25) is 0 Å². The first kappa shape index (κ1) is 12.0. The maximum Gasteiger partial charge on any atom is 0.0440 e. The number of aryl methyl sites for hydroxylation is 2. The molecule has 1 N–H and O–H groups in total. The lowest BCUT2D eigenvalue weighted by Gasteiger charge is -2.43. The Kier molecular flexibility index (Phi) is 3.29. The van der Waals surface area contributed by atoms with Crippen LogP contribution in [0.25, 0.3) is 0 Å². The maximum atomic E-state index is 3.56. The highest BCUT2D eigenvalue weighted by molar-refractivity contribution is 5.57. The second kappa shape index (κ2) is 4.93. The van der Waals surface area contributed by atoms with E-state index in [1.54, 1.807) is 5.56 Å². The minimum Gasteiger partial charge on any atom is -0.367 e. The van der Waals surface area contributed by atoms with Crippen molar-refractivity contribution in [2.24, 2.45) is 5.92 Å². The molecule has 1 saturated heterocycles. The van der Waals surface area contributed by atoms with Crippen LogP contribution in [0.5, 0.6) is 0 Å². The van der Waals surface area contributed by atoms with Gasteiger partial charge in [-0.05, 0) is 50.3 Å². The molecule has 3 rings (SSSR count). The van der Waals surface area contributed by atoms with Gasteiger partial charge in [-0.3, -0.25) is 0 Å². The molecule has 2 aliphatic rings. The SMILES string of the molecule is Cc1ccc2c(c1)CCCN2C1CNCCC1C. The van der Waals surface area contributed by atoms with Crippen molar-refractivity contribution < 1.29 is 0 Å². The number of hydrogen-bond donors (Lipinski definition) is 1. The average molecular weight is 244 g/mol. The van der Waals surface area contributed by atoms with E-state index >= 15 is 0 Å². The number of nitrogens with zero attached hydrogens (tertiary/aromatic N) is 1. The van der Waals surface area contributed by atoms with E-state index in [4.69, 9.17) is 0 Å². The zero-order valence-electron chi connectivity index (χ0n) is 11.6. The second-order valence-corrected chi connectivity index (χ2v) is 5.97. The molecular weight excluding hydrogens is 220 g/mol. The van der Waals surface area contributed by atoms with Gasteiger partial charge in [-0.1, -0.05) is 24.6 Å². The van der Waals surface area contributed by atoms with Crippen molar-refractivity contribution in [1.29, 1.82) is 0 Å². The first-order chi connectivity index (χ1) is 8.75. The molecular formula is C16H24N2. The van der Waals surface area contributed by atoms with Gasteiger partial charge in [0, 0.05) is 24.8 Å². The summed E-state index contributed by atoms with van der Waals surface area (Å²) in [6.07, 6.45) is 3.87. The van der Waals surface area contributed by atoms with Crippen molar-refractivity contribution in [2.45, 2.75) is 39.2 Å². The van der Waals surface area contributed by atoms with Crippen LogP contribution in [0.3, 0.4) is 0 Å². The van der Waals surface area contributed by atoms with Gasteiger partial charge in [-0.25, -0.2) is 0 Å². The van der Waals surface area contributed by atoms with Crippen LogP contribution in [0.2, 0.25) is 0 Å². The Hall–Kier alpha value is -1.02. The van der Waals surface area contributed by atoms with Crippen molar-refractivity contribution >= 4 is 5.69 Å². The number of piperidine rings is 1. The minimum absolute atomic E-state index is 0.681. The summed E-state index contributed by atoms with van der Waals surface area (Å²) in [4.78, 5) is 2.66. The monoisotopic (exact) mass is 244 g/mol. The van der Waals surface area contributed by atoms with Crippen molar-refractivity contribution in [3.8, 4) is 0 Å². The normalized spacial score (nSPS) is 28.0. The highest BCUT2D eigenvalue weighted by Gasteiger charge is 2.29. The Morgan fingerprint density at radius 3 is 3.06 bits per heavy atom. The van der Waals surface area contributed by atoms with E-state index in [1.165, 1.54) is 43.6 Å². The molecule has 2 heteroatoms. The van der Waals surface area contributed by atoms with E-state index in [2.05, 4.69) is 42.3 Å². The van der Waals surface area contributed by atoms with Crippen LogP contribution in [0.1, 0.15) is 30.9 Å². The van der Waals surface area contributed by atoms with Gasteiger partial charge in [0.15, 0.2) is 0 Å². The third-order valence-corrected chi connectivity index (χ3v) is 4.58. The molecule has 2 atom stereocenters. The van der Waals surface area contributed by atoms with Crippen LogP contribution < -0.4 is 10.2 Å². The lowest BCUT2D eigenvalue weighted by Crippen LogP contribution is -2.52. The molecule has 0 radical (unpaired) electrons. The molecule has 0 saturated carbocycles. The molecule has 0 amide bonds. The molecule has 0 aromatic heterocycles. The molecule has 2 aliphatic heterocycles. The van der Waals surface area contributed by atoms with Crippen LogP contribution in [-0.2, 0) is 6.42 Å². The van der Waals surface area contributed by atoms with Crippen LogP contribution in [0.4, 0.5) is 5.69 Å². The van der Waals surface area contributed by atoms with E-state index in [9.17, 15) is 0 Å². The lowest BCUT2D eigenvalue weighted by atomic mass is 9.90. The zero-order valence-corrected chi connectivity index (χ0v) is 11.6. The number of benzene rings is 1. The predicted octanol–water partition coefficient (Wildman–Crippen LogP) is 2.75. The van der Waals surface area contributed by atoms with E-state index in [1.807, 2.05) is 0 Å². The first-order valence-electron chi connectivity index (χ1n) is 7.32. The van der Waals surface area contributed by atoms with Gasteiger partial charge in [0.05, 0.1) is 0 Å². The molecule has 2 heterocycles. The fourth-order valence-electron chi connectivity index (χ4n) is 3.49. The van der Waals surface area contributed by atoms with E-state index in [-0.39, 0.29) is 0 Å². The first-order valence-corrected chi connectivity index (χ1v) is 7.32. The van der Waals surface area contributed by atoms with Gasteiger partial charge in [-0.2, -0.15) is 0 Å². The maximum absolute atomic E-state index is 3.56. The van der Waals surface area contributed by atoms with Crippen LogP contribution >= 0.6 is 0 Å². The van der Waals surface area contributed by atoms with E-state index < -0.39 is 0 Å². The number of fused-ring (bicyclic) bond motifs is 1. The Balaban J connectivity index is 1.90. The molecule has 2 unspecified atom stereocenters. The van der Waals surface area contributed by atoms with Gasteiger partial charge in [-0.15, -0.1) is 0 Å². The largest absolute Gasteiger partial charge is 0.367 e. The average Bonchev–Trinajstić information content (AvgIpc) is 2.38. The van der Waals surface area contributed by atoms with Crippen LogP contribution in [0.15, 0.2) is 18.2 Å². The van der Waals surface area contributed by atoms with E-state index in [0.29, 0.717) is 6.04 Å². The van der Waals surface area contributed by atoms with Gasteiger partial charge < -0.3 is 10.2 Å². The van der Waals surface area contributed by atoms with Crippen molar-refractivity contribution in [3.63, 3.8) is 0 Å². The molecule has 0 aliphatic carbocycles. The standard InChI is InChI=1S/C16H24N2/c1-12-5-6-15-14(10-12)4-3-9-18(15)16-11-17-8-7-13(16)2/h5-6,10,13,16-17H,3-4,7-9,11H2,1-2H3. The van der Waals surface area contributed by atoms with Crippen LogP contribution in [0, 0.1) is 12.8 Å². The number of nitrogens with one attached hydrogen (secondary N) is 1. The summed E-state index contributed by atoms with van der Waals surface area (Å²) < 4.78 is 0. The van der Waals surface area contributed by atoms with E-state index in [0.717, 1.165) is 12.5 Å². The fraction of sp³-hybridized carbons (Fsp3) is 0.625. The highest BCUT2D eigenvalue weighted by Crippen LogP contribution is 2.32. The molecule has 1 aromatic carbocycles. The van der Waals surface area contributed by atoms with Crippen molar-refractivity contribution in [1.82, 2.24) is 5.32 Å². The Bertz CT molecular complexity index is 427. The van der Waals surface area contributed by atoms with Gasteiger partial charge in [0.25, 0.3) is 0 Å². The number of hydrogen-bond acceptors (Lipinski definition) is 2. The number of rotatable bonds is 1. The molecule has 2 nitrogen and oxygen atoms in total. The molecule has 1 aromatic rings. The molecule has 0 spiro atoms. The molecule has 1 fully saturated rings. The molecule has 18 heavy (non-hydrogen) atoms. The van der Waals surface area contributed by atoms with Crippen LogP contribution in [-0.4, -0.2) is 25.7 Å². The highest BCUT2D eigenvalue weighted by atomic mass is 15.2. The summed E-state index contributed by atoms with van der Waals surface area (Å²) in [6.45, 7) is 8.17. The summed E-state index contributed by atoms with van der Waals surface area (Å²) in [6, 6.07) is 7.66. The topological polar surface area (TPSA) is 15.3 Å².